The molecule has 6 nitrogen and oxygen atoms in total. The quantitative estimate of drug-likeness (QED) is 0.425. The Morgan fingerprint density at radius 1 is 1.43 bits per heavy atom. The standard InChI is InChI=1S/C8H14N2O4/c11-3-5-14-4-1-2-10-7(12)6-9-8(10)13/h11H,1-6H2,(H,9,13). The normalized spacial score (nSPS) is 16.2. The van der Waals surface area contributed by atoms with Gasteiger partial charge in [0.2, 0.25) is 5.91 Å². The number of imide groups is 1. The highest BCUT2D eigenvalue weighted by Crippen LogP contribution is 2.00. The highest BCUT2D eigenvalue weighted by molar-refractivity contribution is 6.01. The minimum absolute atomic E-state index is 0.0108. The molecule has 1 fully saturated rings. The smallest absolute Gasteiger partial charge is 0.324 e. The van der Waals surface area contributed by atoms with Gasteiger partial charge in [0.1, 0.15) is 0 Å². The van der Waals surface area contributed by atoms with Crippen molar-refractivity contribution in [2.24, 2.45) is 0 Å². The summed E-state index contributed by atoms with van der Waals surface area (Å²) in [5.41, 5.74) is 0. The summed E-state index contributed by atoms with van der Waals surface area (Å²) in [4.78, 5) is 23.3. The van der Waals surface area contributed by atoms with E-state index in [1.165, 1.54) is 4.90 Å². The van der Waals surface area contributed by atoms with Crippen LogP contribution >= 0.6 is 0 Å². The van der Waals surface area contributed by atoms with Gasteiger partial charge in [0, 0.05) is 13.2 Å². The number of hydrogen-bond acceptors (Lipinski definition) is 4. The second-order valence-corrected chi connectivity index (χ2v) is 2.89. The molecule has 1 heterocycles. The van der Waals surface area contributed by atoms with E-state index in [1.54, 1.807) is 0 Å². The highest BCUT2D eigenvalue weighted by Gasteiger charge is 2.27. The van der Waals surface area contributed by atoms with Crippen LogP contribution in [0.4, 0.5) is 4.79 Å². The lowest BCUT2D eigenvalue weighted by Gasteiger charge is -2.11. The van der Waals surface area contributed by atoms with Crippen molar-refractivity contribution in [1.82, 2.24) is 10.2 Å². The Morgan fingerprint density at radius 2 is 2.21 bits per heavy atom. The van der Waals surface area contributed by atoms with Gasteiger partial charge in [-0.05, 0) is 6.42 Å². The summed E-state index contributed by atoms with van der Waals surface area (Å²) in [6.45, 7) is 1.19. The molecule has 6 heteroatoms. The van der Waals surface area contributed by atoms with Crippen molar-refractivity contribution in [3.63, 3.8) is 0 Å². The number of nitrogens with one attached hydrogen (secondary N) is 1. The summed E-state index contributed by atoms with van der Waals surface area (Å²) >= 11 is 0. The molecular weight excluding hydrogens is 188 g/mol. The summed E-state index contributed by atoms with van der Waals surface area (Å²) < 4.78 is 4.99. The molecule has 1 aliphatic heterocycles. The first-order valence-electron chi connectivity index (χ1n) is 4.52. The number of aliphatic hydroxyl groups is 1. The first-order valence-corrected chi connectivity index (χ1v) is 4.52. The molecule has 0 spiro atoms. The third kappa shape index (κ3) is 2.97. The summed E-state index contributed by atoms with van der Waals surface area (Å²) in [5.74, 6) is -0.197. The molecule has 0 aromatic heterocycles. The second kappa shape index (κ2) is 5.56. The molecule has 0 bridgehead atoms. The zero-order valence-electron chi connectivity index (χ0n) is 7.86. The molecule has 0 unspecified atom stereocenters. The lowest BCUT2D eigenvalue weighted by atomic mass is 10.4. The number of urea groups is 1. The maximum absolute atomic E-state index is 11.1. The van der Waals surface area contributed by atoms with E-state index < -0.39 is 0 Å². The second-order valence-electron chi connectivity index (χ2n) is 2.89. The molecule has 3 amide bonds. The Kier molecular flexibility index (Phi) is 4.34. The van der Waals surface area contributed by atoms with Gasteiger partial charge in [0.25, 0.3) is 0 Å². The van der Waals surface area contributed by atoms with Crippen LogP contribution in [-0.4, -0.2) is 54.9 Å². The van der Waals surface area contributed by atoms with E-state index in [9.17, 15) is 9.59 Å². The van der Waals surface area contributed by atoms with Crippen molar-refractivity contribution in [3.05, 3.63) is 0 Å². The Hall–Kier alpha value is -1.14. The third-order valence-electron chi connectivity index (χ3n) is 1.84. The summed E-state index contributed by atoms with van der Waals surface area (Å²) in [6.07, 6.45) is 0.596. The molecule has 1 rings (SSSR count). The Labute approximate surface area is 81.8 Å². The predicted octanol–water partition coefficient (Wildman–Crippen LogP) is -1.06. The zero-order valence-corrected chi connectivity index (χ0v) is 7.86. The third-order valence-corrected chi connectivity index (χ3v) is 1.84. The number of hydrogen-bond donors (Lipinski definition) is 2. The molecule has 1 aliphatic rings. The van der Waals surface area contributed by atoms with E-state index in [-0.39, 0.29) is 25.1 Å². The summed E-state index contributed by atoms with van der Waals surface area (Å²) in [5, 5.41) is 10.8. The van der Waals surface area contributed by atoms with Gasteiger partial charge in [0.15, 0.2) is 0 Å². The van der Waals surface area contributed by atoms with Gasteiger partial charge in [-0.1, -0.05) is 0 Å². The van der Waals surface area contributed by atoms with Crippen molar-refractivity contribution >= 4 is 11.9 Å². The molecule has 0 aromatic rings. The number of nitrogens with zero attached hydrogens (tertiary/aromatic N) is 1. The van der Waals surface area contributed by atoms with Gasteiger partial charge in [-0.25, -0.2) is 4.79 Å². The highest BCUT2D eigenvalue weighted by atomic mass is 16.5. The van der Waals surface area contributed by atoms with Crippen LogP contribution in [0, 0.1) is 0 Å². The zero-order chi connectivity index (χ0) is 10.4. The molecule has 0 radical (unpaired) electrons. The van der Waals surface area contributed by atoms with Crippen LogP contribution in [0.5, 0.6) is 0 Å². The van der Waals surface area contributed by atoms with Gasteiger partial charge >= 0.3 is 6.03 Å². The average Bonchev–Trinajstić information content (AvgIpc) is 2.48. The van der Waals surface area contributed by atoms with Crippen molar-refractivity contribution in [2.75, 3.05) is 32.9 Å². The van der Waals surface area contributed by atoms with Crippen molar-refractivity contribution in [2.45, 2.75) is 6.42 Å². The largest absolute Gasteiger partial charge is 0.394 e. The predicted molar refractivity (Wildman–Crippen MR) is 47.6 cm³/mol. The van der Waals surface area contributed by atoms with E-state index in [0.717, 1.165) is 0 Å². The fraction of sp³-hybridized carbons (Fsp3) is 0.750. The monoisotopic (exact) mass is 202 g/mol. The average molecular weight is 202 g/mol. The van der Waals surface area contributed by atoms with E-state index in [2.05, 4.69) is 5.32 Å². The lowest BCUT2D eigenvalue weighted by molar-refractivity contribution is -0.125. The minimum Gasteiger partial charge on any atom is -0.394 e. The van der Waals surface area contributed by atoms with Crippen LogP contribution < -0.4 is 5.32 Å². The van der Waals surface area contributed by atoms with Gasteiger partial charge in [-0.15, -0.1) is 0 Å². The van der Waals surface area contributed by atoms with Gasteiger partial charge in [-0.2, -0.15) is 0 Å². The van der Waals surface area contributed by atoms with Crippen LogP contribution in [0.25, 0.3) is 0 Å². The van der Waals surface area contributed by atoms with Crippen molar-refractivity contribution < 1.29 is 19.4 Å². The van der Waals surface area contributed by atoms with E-state index in [4.69, 9.17) is 9.84 Å². The number of amides is 3. The molecule has 0 atom stereocenters. The first kappa shape index (κ1) is 10.9. The first-order chi connectivity index (χ1) is 6.75. The fourth-order valence-corrected chi connectivity index (χ4v) is 1.17. The minimum atomic E-state index is -0.336. The number of ether oxygens (including phenoxy) is 1. The Bertz CT molecular complexity index is 203. The van der Waals surface area contributed by atoms with Gasteiger partial charge in [0.05, 0.1) is 19.8 Å². The number of carbonyl (C=O) groups excluding carboxylic acids is 2. The van der Waals surface area contributed by atoms with E-state index in [1.807, 2.05) is 0 Å². The number of carbonyl (C=O) groups is 2. The van der Waals surface area contributed by atoms with E-state index >= 15 is 0 Å². The van der Waals surface area contributed by atoms with Crippen molar-refractivity contribution in [1.29, 1.82) is 0 Å². The summed E-state index contributed by atoms with van der Waals surface area (Å²) in [7, 11) is 0. The van der Waals surface area contributed by atoms with Crippen molar-refractivity contribution in [3.8, 4) is 0 Å². The molecule has 1 saturated heterocycles. The summed E-state index contributed by atoms with van der Waals surface area (Å²) in [6, 6.07) is -0.336. The number of rotatable bonds is 6. The SMILES string of the molecule is O=C1CNC(=O)N1CCCOCCO. The number of aliphatic hydroxyl groups excluding tert-OH is 1. The van der Waals surface area contributed by atoms with Crippen LogP contribution in [0.3, 0.4) is 0 Å². The fourth-order valence-electron chi connectivity index (χ4n) is 1.17. The maximum Gasteiger partial charge on any atom is 0.324 e. The Balaban J connectivity index is 2.11. The van der Waals surface area contributed by atoms with Crippen LogP contribution in [0.2, 0.25) is 0 Å². The van der Waals surface area contributed by atoms with E-state index in [0.29, 0.717) is 26.2 Å². The maximum atomic E-state index is 11.1. The molecule has 0 aromatic carbocycles. The molecule has 14 heavy (non-hydrogen) atoms. The van der Waals surface area contributed by atoms with Gasteiger partial charge in [-0.3, -0.25) is 9.69 Å². The molecule has 2 N–H and O–H groups in total. The van der Waals surface area contributed by atoms with Crippen LogP contribution in [-0.2, 0) is 9.53 Å². The van der Waals surface area contributed by atoms with Crippen LogP contribution in [0.15, 0.2) is 0 Å². The molecule has 0 saturated carbocycles. The molecule has 80 valence electrons. The topological polar surface area (TPSA) is 78.9 Å². The van der Waals surface area contributed by atoms with Gasteiger partial charge < -0.3 is 15.2 Å². The molecule has 0 aliphatic carbocycles. The molecular formula is C8H14N2O4. The lowest BCUT2D eigenvalue weighted by Crippen LogP contribution is -2.32. The van der Waals surface area contributed by atoms with Crippen LogP contribution in [0.1, 0.15) is 6.42 Å². The Morgan fingerprint density at radius 3 is 2.79 bits per heavy atom.